The summed E-state index contributed by atoms with van der Waals surface area (Å²) in [5.41, 5.74) is 3.27. The van der Waals surface area contributed by atoms with E-state index in [1.54, 1.807) is 0 Å². The molecule has 124 valence electrons. The van der Waals surface area contributed by atoms with Gasteiger partial charge in [0, 0.05) is 13.0 Å². The molecule has 1 heterocycles. The van der Waals surface area contributed by atoms with Crippen LogP contribution in [0.2, 0.25) is 0 Å². The van der Waals surface area contributed by atoms with Crippen molar-refractivity contribution in [3.8, 4) is 0 Å². The van der Waals surface area contributed by atoms with Gasteiger partial charge < -0.3 is 4.90 Å². The number of hydrogen-bond donors (Lipinski definition) is 1. The molecule has 0 aromatic heterocycles. The fourth-order valence-corrected chi connectivity index (χ4v) is 3.02. The maximum atomic E-state index is 12.0. The Hall–Kier alpha value is -2.17. The van der Waals surface area contributed by atoms with E-state index in [4.69, 9.17) is 0 Å². The summed E-state index contributed by atoms with van der Waals surface area (Å²) in [7, 11) is 0. The fraction of sp³-hybridized carbons (Fsp3) is 0.500. The highest BCUT2D eigenvalue weighted by molar-refractivity contribution is 6.00. The van der Waals surface area contributed by atoms with E-state index in [0.717, 1.165) is 16.7 Å². The normalized spacial score (nSPS) is 18.5. The van der Waals surface area contributed by atoms with Gasteiger partial charge in [-0.3, -0.25) is 19.7 Å². The Morgan fingerprint density at radius 2 is 2.00 bits per heavy atom. The van der Waals surface area contributed by atoms with E-state index in [2.05, 4.69) is 32.2 Å². The predicted octanol–water partition coefficient (Wildman–Crippen LogP) is 2.06. The van der Waals surface area contributed by atoms with E-state index in [1.165, 1.54) is 4.90 Å². The highest BCUT2D eigenvalue weighted by Gasteiger charge is 2.32. The van der Waals surface area contributed by atoms with Crippen molar-refractivity contribution in [2.45, 2.75) is 58.5 Å². The van der Waals surface area contributed by atoms with Gasteiger partial charge in [-0.15, -0.1) is 0 Å². The fourth-order valence-electron chi connectivity index (χ4n) is 3.02. The minimum absolute atomic E-state index is 0.0549. The second kappa shape index (κ2) is 6.52. The van der Waals surface area contributed by atoms with Crippen LogP contribution in [-0.2, 0) is 26.3 Å². The van der Waals surface area contributed by atoms with Crippen LogP contribution >= 0.6 is 0 Å². The monoisotopic (exact) mass is 316 g/mol. The lowest BCUT2D eigenvalue weighted by molar-refractivity contribution is -0.141. The third-order valence-corrected chi connectivity index (χ3v) is 4.30. The van der Waals surface area contributed by atoms with Crippen molar-refractivity contribution in [2.75, 3.05) is 0 Å². The van der Waals surface area contributed by atoms with Gasteiger partial charge in [0.15, 0.2) is 0 Å². The quantitative estimate of drug-likeness (QED) is 0.683. The molecular formula is C18H24N2O3. The third kappa shape index (κ3) is 3.78. The highest BCUT2D eigenvalue weighted by Crippen LogP contribution is 2.29. The van der Waals surface area contributed by atoms with Gasteiger partial charge in [0.05, 0.1) is 0 Å². The van der Waals surface area contributed by atoms with Crippen molar-refractivity contribution in [3.05, 3.63) is 34.9 Å². The van der Waals surface area contributed by atoms with Crippen molar-refractivity contribution in [3.63, 3.8) is 0 Å². The molecule has 0 radical (unpaired) electrons. The maximum absolute atomic E-state index is 12.0. The van der Waals surface area contributed by atoms with Crippen LogP contribution < -0.4 is 5.32 Å². The lowest BCUT2D eigenvalue weighted by atomic mass is 9.82. The number of benzene rings is 1. The van der Waals surface area contributed by atoms with Crippen molar-refractivity contribution in [1.82, 2.24) is 10.2 Å². The number of imide groups is 1. The number of amides is 3. The number of hydrogen-bond acceptors (Lipinski definition) is 3. The first-order chi connectivity index (χ1) is 10.7. The van der Waals surface area contributed by atoms with E-state index < -0.39 is 6.04 Å². The summed E-state index contributed by atoms with van der Waals surface area (Å²) in [6.07, 6.45) is 1.35. The number of piperidine rings is 1. The molecule has 1 saturated heterocycles. The molecule has 1 aromatic carbocycles. The number of nitrogens with one attached hydrogen (secondary N) is 1. The van der Waals surface area contributed by atoms with Crippen molar-refractivity contribution in [1.29, 1.82) is 0 Å². The Morgan fingerprint density at radius 3 is 2.57 bits per heavy atom. The molecule has 1 aliphatic heterocycles. The zero-order valence-electron chi connectivity index (χ0n) is 14.2. The first kappa shape index (κ1) is 17.2. The predicted molar refractivity (Wildman–Crippen MR) is 87.7 cm³/mol. The average Bonchev–Trinajstić information content (AvgIpc) is 2.45. The minimum atomic E-state index is -0.586. The molecule has 1 aromatic rings. The van der Waals surface area contributed by atoms with Crippen LogP contribution in [0.25, 0.3) is 0 Å². The number of carbonyl (C=O) groups excluding carboxylic acids is 3. The number of nitrogens with zero attached hydrogens (tertiary/aromatic N) is 1. The Balaban J connectivity index is 2.31. The molecule has 1 aliphatic rings. The van der Waals surface area contributed by atoms with Gasteiger partial charge in [0.2, 0.25) is 18.2 Å². The van der Waals surface area contributed by atoms with Crippen LogP contribution in [0.3, 0.4) is 0 Å². The molecule has 5 nitrogen and oxygen atoms in total. The number of aryl methyl sites for hydroxylation is 1. The van der Waals surface area contributed by atoms with Gasteiger partial charge in [0.25, 0.3) is 0 Å². The Labute approximate surface area is 137 Å². The van der Waals surface area contributed by atoms with Crippen LogP contribution in [0, 0.1) is 6.92 Å². The molecule has 0 aliphatic carbocycles. The van der Waals surface area contributed by atoms with E-state index in [9.17, 15) is 14.4 Å². The molecule has 3 amide bonds. The van der Waals surface area contributed by atoms with Gasteiger partial charge in [-0.1, -0.05) is 39.0 Å². The van der Waals surface area contributed by atoms with Crippen molar-refractivity contribution >= 4 is 18.2 Å². The van der Waals surface area contributed by atoms with Gasteiger partial charge in [-0.2, -0.15) is 0 Å². The van der Waals surface area contributed by atoms with Crippen LogP contribution in [0.1, 0.15) is 50.3 Å². The van der Waals surface area contributed by atoms with Gasteiger partial charge in [-0.25, -0.2) is 0 Å². The van der Waals surface area contributed by atoms with Gasteiger partial charge in [-0.05, 0) is 35.4 Å². The second-order valence-corrected chi connectivity index (χ2v) is 7.10. The minimum Gasteiger partial charge on any atom is -0.329 e. The summed E-state index contributed by atoms with van der Waals surface area (Å²) in [5.74, 6) is -0.664. The molecule has 1 atom stereocenters. The average molecular weight is 316 g/mol. The van der Waals surface area contributed by atoms with Crippen LogP contribution in [0.4, 0.5) is 0 Å². The van der Waals surface area contributed by atoms with E-state index >= 15 is 0 Å². The van der Waals surface area contributed by atoms with Crippen LogP contribution in [0.5, 0.6) is 0 Å². The zero-order valence-corrected chi connectivity index (χ0v) is 14.2. The summed E-state index contributed by atoms with van der Waals surface area (Å²) in [4.78, 5) is 36.4. The molecule has 1 N–H and O–H groups in total. The standard InChI is InChI=1S/C18H24N2O3/c1-12-6-5-7-14(18(2,3)4)13(12)10-20(11-21)15-8-9-16(22)19-17(15)23/h5-7,11,15H,8-10H2,1-4H3,(H,19,22,23). The number of rotatable bonds is 4. The third-order valence-electron chi connectivity index (χ3n) is 4.30. The van der Waals surface area contributed by atoms with E-state index in [-0.39, 0.29) is 23.7 Å². The molecule has 0 saturated carbocycles. The van der Waals surface area contributed by atoms with Gasteiger partial charge >= 0.3 is 0 Å². The second-order valence-electron chi connectivity index (χ2n) is 7.10. The molecule has 1 fully saturated rings. The Kier molecular flexibility index (Phi) is 4.88. The smallest absolute Gasteiger partial charge is 0.249 e. The topological polar surface area (TPSA) is 66.5 Å². The lowest BCUT2D eigenvalue weighted by Crippen LogP contribution is -2.52. The Morgan fingerprint density at radius 1 is 1.30 bits per heavy atom. The summed E-state index contributed by atoms with van der Waals surface area (Å²) in [5, 5.41) is 2.31. The summed E-state index contributed by atoms with van der Waals surface area (Å²) in [6, 6.07) is 5.50. The van der Waals surface area contributed by atoms with Gasteiger partial charge in [0.1, 0.15) is 6.04 Å². The largest absolute Gasteiger partial charge is 0.329 e. The zero-order chi connectivity index (χ0) is 17.2. The molecule has 0 bridgehead atoms. The molecule has 5 heteroatoms. The van der Waals surface area contributed by atoms with Crippen LogP contribution in [-0.4, -0.2) is 29.2 Å². The summed E-state index contributed by atoms with van der Waals surface area (Å²) >= 11 is 0. The summed E-state index contributed by atoms with van der Waals surface area (Å²) < 4.78 is 0. The summed E-state index contributed by atoms with van der Waals surface area (Å²) in [6.45, 7) is 8.76. The lowest BCUT2D eigenvalue weighted by Gasteiger charge is -2.32. The SMILES string of the molecule is Cc1cccc(C(C)(C)C)c1CN(C=O)C1CCC(=O)NC1=O. The maximum Gasteiger partial charge on any atom is 0.249 e. The first-order valence-corrected chi connectivity index (χ1v) is 7.87. The molecule has 23 heavy (non-hydrogen) atoms. The Bertz CT molecular complexity index is 632. The van der Waals surface area contributed by atoms with Crippen LogP contribution in [0.15, 0.2) is 18.2 Å². The van der Waals surface area contributed by atoms with E-state index in [0.29, 0.717) is 19.4 Å². The molecule has 0 spiro atoms. The van der Waals surface area contributed by atoms with E-state index in [1.807, 2.05) is 19.1 Å². The highest BCUT2D eigenvalue weighted by atomic mass is 16.2. The van der Waals surface area contributed by atoms with Crippen molar-refractivity contribution in [2.24, 2.45) is 0 Å². The first-order valence-electron chi connectivity index (χ1n) is 7.87. The molecule has 2 rings (SSSR count). The number of carbonyl (C=O) groups is 3. The molecular weight excluding hydrogens is 292 g/mol. The molecule has 1 unspecified atom stereocenters. The van der Waals surface area contributed by atoms with Crippen molar-refractivity contribution < 1.29 is 14.4 Å².